The maximum absolute atomic E-state index is 13.5. The van der Waals surface area contributed by atoms with Crippen LogP contribution in [-0.4, -0.2) is 44.9 Å². The van der Waals surface area contributed by atoms with Crippen molar-refractivity contribution in [3.05, 3.63) is 29.6 Å². The Morgan fingerprint density at radius 1 is 1.50 bits per heavy atom. The van der Waals surface area contributed by atoms with E-state index in [9.17, 15) is 17.6 Å². The highest BCUT2D eigenvalue weighted by Gasteiger charge is 2.37. The first-order chi connectivity index (χ1) is 9.91. The first kappa shape index (κ1) is 18.8. The molecule has 0 saturated carbocycles. The molecule has 1 aliphatic rings. The Hall–Kier alpha value is -1.22. The molecule has 0 aromatic heterocycles. The van der Waals surface area contributed by atoms with Crippen molar-refractivity contribution < 1.29 is 22.3 Å². The molecule has 0 bridgehead atoms. The van der Waals surface area contributed by atoms with Crippen LogP contribution in [0.25, 0.3) is 0 Å². The van der Waals surface area contributed by atoms with Crippen molar-refractivity contribution in [1.29, 1.82) is 0 Å². The standard InChI is InChI=1S/C13H17FN2O4S.ClH/c1-20-13(17)11-5-4-9(14)7-12(11)21(18,19)16-6-2-3-10(16)8-15;/h4-5,7,10H,2-3,6,8,15H2,1H3;1H. The van der Waals surface area contributed by atoms with Crippen LogP contribution in [0, 0.1) is 5.82 Å². The number of ether oxygens (including phenoxy) is 1. The van der Waals surface area contributed by atoms with Crippen molar-refractivity contribution in [2.24, 2.45) is 5.73 Å². The summed E-state index contributed by atoms with van der Waals surface area (Å²) in [6, 6.07) is 2.65. The van der Waals surface area contributed by atoms with Crippen LogP contribution in [0.5, 0.6) is 0 Å². The summed E-state index contributed by atoms with van der Waals surface area (Å²) >= 11 is 0. The molecule has 9 heteroatoms. The monoisotopic (exact) mass is 352 g/mol. The molecule has 1 unspecified atom stereocenters. The van der Waals surface area contributed by atoms with Crippen molar-refractivity contribution >= 4 is 28.4 Å². The Balaban J connectivity index is 0.00000242. The SMILES string of the molecule is COC(=O)c1ccc(F)cc1S(=O)(=O)N1CCCC1CN.Cl. The summed E-state index contributed by atoms with van der Waals surface area (Å²) < 4.78 is 44.6. The van der Waals surface area contributed by atoms with E-state index in [0.29, 0.717) is 19.4 Å². The lowest BCUT2D eigenvalue weighted by Gasteiger charge is -2.23. The zero-order valence-corrected chi connectivity index (χ0v) is 13.6. The maximum atomic E-state index is 13.5. The topological polar surface area (TPSA) is 89.7 Å². The number of benzene rings is 1. The first-order valence-corrected chi connectivity index (χ1v) is 7.95. The molecule has 22 heavy (non-hydrogen) atoms. The molecule has 1 aromatic carbocycles. The van der Waals surface area contributed by atoms with Crippen molar-refractivity contribution in [1.82, 2.24) is 4.31 Å². The number of halogens is 2. The second-order valence-electron chi connectivity index (χ2n) is 4.78. The fourth-order valence-corrected chi connectivity index (χ4v) is 4.37. The number of hydrogen-bond acceptors (Lipinski definition) is 5. The number of hydrogen-bond donors (Lipinski definition) is 1. The van der Waals surface area contributed by atoms with Gasteiger partial charge in [0, 0.05) is 19.1 Å². The lowest BCUT2D eigenvalue weighted by Crippen LogP contribution is -2.40. The average molecular weight is 353 g/mol. The molecular weight excluding hydrogens is 335 g/mol. The molecule has 124 valence electrons. The third-order valence-electron chi connectivity index (χ3n) is 3.53. The fourth-order valence-electron chi connectivity index (χ4n) is 2.48. The molecule has 0 spiro atoms. The Bertz CT molecular complexity index is 653. The highest BCUT2D eigenvalue weighted by atomic mass is 35.5. The highest BCUT2D eigenvalue weighted by Crippen LogP contribution is 2.28. The second kappa shape index (κ2) is 7.36. The van der Waals surface area contributed by atoms with Gasteiger partial charge in [-0.1, -0.05) is 0 Å². The molecular formula is C13H18ClFN2O4S. The number of nitrogens with two attached hydrogens (primary N) is 1. The Morgan fingerprint density at radius 2 is 2.18 bits per heavy atom. The van der Waals surface area contributed by atoms with Crippen molar-refractivity contribution in [3.8, 4) is 0 Å². The molecule has 1 heterocycles. The molecule has 2 N–H and O–H groups in total. The Morgan fingerprint density at radius 3 is 2.77 bits per heavy atom. The van der Waals surface area contributed by atoms with Gasteiger partial charge in [-0.05, 0) is 31.0 Å². The predicted molar refractivity (Wildman–Crippen MR) is 81.0 cm³/mol. The van der Waals surface area contributed by atoms with Crippen molar-refractivity contribution in [2.75, 3.05) is 20.2 Å². The minimum Gasteiger partial charge on any atom is -0.465 e. The number of carbonyl (C=O) groups excluding carboxylic acids is 1. The molecule has 1 aromatic rings. The van der Waals surface area contributed by atoms with Gasteiger partial charge < -0.3 is 10.5 Å². The van der Waals surface area contributed by atoms with E-state index >= 15 is 0 Å². The highest BCUT2D eigenvalue weighted by molar-refractivity contribution is 7.89. The van der Waals surface area contributed by atoms with Crippen LogP contribution in [0.3, 0.4) is 0 Å². The number of esters is 1. The molecule has 0 aliphatic carbocycles. The zero-order valence-electron chi connectivity index (χ0n) is 12.0. The van der Waals surface area contributed by atoms with Crippen LogP contribution in [0.4, 0.5) is 4.39 Å². The molecule has 1 aliphatic heterocycles. The van der Waals surface area contributed by atoms with E-state index in [4.69, 9.17) is 5.73 Å². The summed E-state index contributed by atoms with van der Waals surface area (Å²) in [6.07, 6.45) is 1.34. The molecule has 1 saturated heterocycles. The summed E-state index contributed by atoms with van der Waals surface area (Å²) in [5.74, 6) is -1.55. The fraction of sp³-hybridized carbons (Fsp3) is 0.462. The van der Waals surface area contributed by atoms with Crippen LogP contribution in [0.15, 0.2) is 23.1 Å². The van der Waals surface area contributed by atoms with Gasteiger partial charge in [0.05, 0.1) is 17.6 Å². The van der Waals surface area contributed by atoms with Gasteiger partial charge in [-0.15, -0.1) is 12.4 Å². The van der Waals surface area contributed by atoms with Gasteiger partial charge in [0.15, 0.2) is 0 Å². The summed E-state index contributed by atoms with van der Waals surface area (Å²) in [6.45, 7) is 0.490. The lowest BCUT2D eigenvalue weighted by atomic mass is 10.2. The molecule has 0 amide bonds. The van der Waals surface area contributed by atoms with Crippen molar-refractivity contribution in [2.45, 2.75) is 23.8 Å². The number of rotatable bonds is 4. The van der Waals surface area contributed by atoms with E-state index < -0.39 is 21.8 Å². The van der Waals surface area contributed by atoms with Crippen LogP contribution >= 0.6 is 12.4 Å². The molecule has 6 nitrogen and oxygen atoms in total. The summed E-state index contributed by atoms with van der Waals surface area (Å²) in [7, 11) is -2.86. The first-order valence-electron chi connectivity index (χ1n) is 6.51. The van der Waals surface area contributed by atoms with Gasteiger partial charge in [-0.25, -0.2) is 17.6 Å². The molecule has 0 radical (unpaired) electrons. The summed E-state index contributed by atoms with van der Waals surface area (Å²) in [4.78, 5) is 11.3. The minimum absolute atomic E-state index is 0. The van der Waals surface area contributed by atoms with E-state index in [-0.39, 0.29) is 35.5 Å². The van der Waals surface area contributed by atoms with Crippen LogP contribution < -0.4 is 5.73 Å². The van der Waals surface area contributed by atoms with E-state index in [2.05, 4.69) is 4.74 Å². The van der Waals surface area contributed by atoms with Gasteiger partial charge in [-0.2, -0.15) is 4.31 Å². The number of sulfonamides is 1. The lowest BCUT2D eigenvalue weighted by molar-refractivity contribution is 0.0596. The third-order valence-corrected chi connectivity index (χ3v) is 5.52. The molecule has 1 atom stereocenters. The molecule has 1 fully saturated rings. The summed E-state index contributed by atoms with van der Waals surface area (Å²) in [5.41, 5.74) is 5.40. The summed E-state index contributed by atoms with van der Waals surface area (Å²) in [5, 5.41) is 0. The van der Waals surface area contributed by atoms with Crippen LogP contribution in [-0.2, 0) is 14.8 Å². The van der Waals surface area contributed by atoms with Crippen LogP contribution in [0.1, 0.15) is 23.2 Å². The minimum atomic E-state index is -4.00. The van der Waals surface area contributed by atoms with Gasteiger partial charge >= 0.3 is 5.97 Å². The van der Waals surface area contributed by atoms with E-state index in [1.165, 1.54) is 4.31 Å². The maximum Gasteiger partial charge on any atom is 0.339 e. The average Bonchev–Trinajstić information content (AvgIpc) is 2.95. The van der Waals surface area contributed by atoms with E-state index in [0.717, 1.165) is 25.3 Å². The third kappa shape index (κ3) is 3.40. The zero-order chi connectivity index (χ0) is 15.6. The van der Waals surface area contributed by atoms with E-state index in [1.54, 1.807) is 0 Å². The Labute approximate surface area is 134 Å². The van der Waals surface area contributed by atoms with Gasteiger partial charge in [-0.3, -0.25) is 0 Å². The quantitative estimate of drug-likeness (QED) is 0.821. The van der Waals surface area contributed by atoms with E-state index in [1.807, 2.05) is 0 Å². The number of methoxy groups -OCH3 is 1. The molecule has 2 rings (SSSR count). The Kier molecular flexibility index (Phi) is 6.30. The largest absolute Gasteiger partial charge is 0.465 e. The number of nitrogens with zero attached hydrogens (tertiary/aromatic N) is 1. The smallest absolute Gasteiger partial charge is 0.339 e. The van der Waals surface area contributed by atoms with Gasteiger partial charge in [0.25, 0.3) is 0 Å². The van der Waals surface area contributed by atoms with Gasteiger partial charge in [0.1, 0.15) is 5.82 Å². The van der Waals surface area contributed by atoms with Crippen LogP contribution in [0.2, 0.25) is 0 Å². The van der Waals surface area contributed by atoms with Gasteiger partial charge in [0.2, 0.25) is 10.0 Å². The second-order valence-corrected chi connectivity index (χ2v) is 6.64. The van der Waals surface area contributed by atoms with Crippen molar-refractivity contribution in [3.63, 3.8) is 0 Å². The predicted octanol–water partition coefficient (Wildman–Crippen LogP) is 1.15. The normalized spacial score (nSPS) is 18.8. The number of carbonyl (C=O) groups is 1.